The molecule has 7 nitrogen and oxygen atoms in total. The van der Waals surface area contributed by atoms with Gasteiger partial charge in [0.05, 0.1) is 9.79 Å². The van der Waals surface area contributed by atoms with Gasteiger partial charge in [0.1, 0.15) is 23.3 Å². The maximum atomic E-state index is 13.3. The van der Waals surface area contributed by atoms with Crippen molar-refractivity contribution in [3.05, 3.63) is 78.4 Å². The molecule has 11 heteroatoms. The minimum atomic E-state index is -4.13. The minimum Gasteiger partial charge on any atom is -0.263 e. The lowest BCUT2D eigenvalue weighted by molar-refractivity contribution is 0.594. The Morgan fingerprint density at radius 1 is 0.643 bits per heavy atom. The zero-order valence-electron chi connectivity index (χ0n) is 14.0. The minimum absolute atomic E-state index is 0.191. The van der Waals surface area contributed by atoms with Gasteiger partial charge in [0, 0.05) is 0 Å². The Kier molecular flexibility index (Phi) is 5.29. The molecule has 0 aliphatic heterocycles. The lowest BCUT2D eigenvalue weighted by atomic mass is 10.4. The normalized spacial score (nSPS) is 11.8. The number of aromatic nitrogens is 1. The summed E-state index contributed by atoms with van der Waals surface area (Å²) in [5.41, 5.74) is 0. The van der Waals surface area contributed by atoms with Gasteiger partial charge in [-0.05, 0) is 48.5 Å². The highest BCUT2D eigenvalue weighted by atomic mass is 32.2. The fourth-order valence-corrected chi connectivity index (χ4v) is 4.27. The van der Waals surface area contributed by atoms with Crippen LogP contribution in [0.15, 0.2) is 76.5 Å². The number of pyridine rings is 1. The largest absolute Gasteiger partial charge is 0.263 e. The average molecular weight is 425 g/mol. The molecule has 3 aromatic rings. The van der Waals surface area contributed by atoms with E-state index in [2.05, 4.69) is 14.4 Å². The van der Waals surface area contributed by atoms with Crippen molar-refractivity contribution in [1.29, 1.82) is 0 Å². The van der Waals surface area contributed by atoms with Crippen molar-refractivity contribution in [3.8, 4) is 0 Å². The second-order valence-electron chi connectivity index (χ2n) is 5.53. The van der Waals surface area contributed by atoms with E-state index in [9.17, 15) is 25.6 Å². The number of hydrogen-bond donors (Lipinski definition) is 2. The van der Waals surface area contributed by atoms with Crippen LogP contribution in [-0.2, 0) is 20.0 Å². The number of anilines is 2. The Hall–Kier alpha value is -3.05. The summed E-state index contributed by atoms with van der Waals surface area (Å²) in [7, 11) is -8.27. The summed E-state index contributed by atoms with van der Waals surface area (Å²) in [5.74, 6) is -1.84. The van der Waals surface area contributed by atoms with Crippen LogP contribution in [0.1, 0.15) is 0 Å². The fourth-order valence-electron chi connectivity index (χ4n) is 2.21. The van der Waals surface area contributed by atoms with Gasteiger partial charge in [0.25, 0.3) is 20.0 Å². The number of benzene rings is 2. The molecule has 1 heterocycles. The molecule has 0 saturated heterocycles. The van der Waals surface area contributed by atoms with Gasteiger partial charge in [-0.2, -0.15) is 0 Å². The zero-order chi connectivity index (χ0) is 20.4. The number of hydrogen-bond acceptors (Lipinski definition) is 5. The molecule has 2 aromatic carbocycles. The van der Waals surface area contributed by atoms with Crippen LogP contribution in [0.25, 0.3) is 0 Å². The molecule has 0 radical (unpaired) electrons. The Labute approximate surface area is 160 Å². The van der Waals surface area contributed by atoms with Crippen LogP contribution < -0.4 is 9.44 Å². The van der Waals surface area contributed by atoms with E-state index in [1.54, 1.807) is 0 Å². The van der Waals surface area contributed by atoms with E-state index in [-0.39, 0.29) is 21.4 Å². The van der Waals surface area contributed by atoms with Crippen LogP contribution >= 0.6 is 0 Å². The molecule has 0 fully saturated rings. The third-order valence-corrected chi connectivity index (χ3v) is 6.14. The van der Waals surface area contributed by atoms with Crippen LogP contribution in [0.4, 0.5) is 20.4 Å². The maximum Gasteiger partial charge on any atom is 0.263 e. The van der Waals surface area contributed by atoms with Crippen LogP contribution in [0.3, 0.4) is 0 Å². The summed E-state index contributed by atoms with van der Waals surface area (Å²) in [5, 5.41) is 0. The quantitative estimate of drug-likeness (QED) is 0.632. The van der Waals surface area contributed by atoms with E-state index in [4.69, 9.17) is 0 Å². The number of nitrogens with one attached hydrogen (secondary N) is 2. The molecular formula is C17H13F2N3O4S2. The molecule has 0 unspecified atom stereocenters. The number of rotatable bonds is 6. The van der Waals surface area contributed by atoms with E-state index in [0.717, 1.165) is 24.3 Å². The molecule has 0 aliphatic carbocycles. The SMILES string of the molecule is O=S(=O)(Nc1cccc(NS(=O)(=O)c2cccc(F)c2)n1)c1cccc(F)c1. The van der Waals surface area contributed by atoms with Gasteiger partial charge in [0.2, 0.25) is 0 Å². The van der Waals surface area contributed by atoms with Crippen molar-refractivity contribution in [2.75, 3.05) is 9.44 Å². The van der Waals surface area contributed by atoms with Gasteiger partial charge >= 0.3 is 0 Å². The zero-order valence-corrected chi connectivity index (χ0v) is 15.6. The second kappa shape index (κ2) is 7.52. The van der Waals surface area contributed by atoms with Crippen molar-refractivity contribution in [2.24, 2.45) is 0 Å². The Morgan fingerprint density at radius 2 is 1.04 bits per heavy atom. The van der Waals surface area contributed by atoms with Crippen molar-refractivity contribution in [3.63, 3.8) is 0 Å². The molecule has 3 rings (SSSR count). The molecule has 0 spiro atoms. The monoisotopic (exact) mass is 425 g/mol. The van der Waals surface area contributed by atoms with Crippen molar-refractivity contribution < 1.29 is 25.6 Å². The predicted octanol–water partition coefficient (Wildman–Crippen LogP) is 2.96. The van der Waals surface area contributed by atoms with Gasteiger partial charge in [-0.3, -0.25) is 9.44 Å². The highest BCUT2D eigenvalue weighted by molar-refractivity contribution is 7.93. The first-order valence-corrected chi connectivity index (χ1v) is 10.7. The van der Waals surface area contributed by atoms with Crippen LogP contribution in [0, 0.1) is 11.6 Å². The summed E-state index contributed by atoms with van der Waals surface area (Å²) >= 11 is 0. The first-order chi connectivity index (χ1) is 13.2. The van der Waals surface area contributed by atoms with Gasteiger partial charge in [-0.1, -0.05) is 18.2 Å². The molecule has 0 aliphatic rings. The van der Waals surface area contributed by atoms with Gasteiger partial charge in [0.15, 0.2) is 0 Å². The summed E-state index contributed by atoms with van der Waals surface area (Å²) < 4.78 is 80.0. The third-order valence-electron chi connectivity index (χ3n) is 3.44. The molecule has 2 N–H and O–H groups in total. The molecule has 0 saturated carbocycles. The molecule has 28 heavy (non-hydrogen) atoms. The van der Waals surface area contributed by atoms with Crippen molar-refractivity contribution in [1.82, 2.24) is 4.98 Å². The van der Waals surface area contributed by atoms with E-state index < -0.39 is 31.7 Å². The Balaban J connectivity index is 1.85. The maximum absolute atomic E-state index is 13.3. The van der Waals surface area contributed by atoms with E-state index in [0.29, 0.717) is 0 Å². The number of halogens is 2. The van der Waals surface area contributed by atoms with Gasteiger partial charge in [-0.25, -0.2) is 30.6 Å². The fraction of sp³-hybridized carbons (Fsp3) is 0. The Morgan fingerprint density at radius 3 is 1.43 bits per heavy atom. The second-order valence-corrected chi connectivity index (χ2v) is 8.90. The smallest absolute Gasteiger partial charge is 0.263 e. The average Bonchev–Trinajstić information content (AvgIpc) is 2.61. The highest BCUT2D eigenvalue weighted by Crippen LogP contribution is 2.19. The number of sulfonamides is 2. The molecular weight excluding hydrogens is 412 g/mol. The van der Waals surface area contributed by atoms with Crippen LogP contribution in [-0.4, -0.2) is 21.8 Å². The molecule has 146 valence electrons. The highest BCUT2D eigenvalue weighted by Gasteiger charge is 2.18. The third kappa shape index (κ3) is 4.61. The van der Waals surface area contributed by atoms with Crippen LogP contribution in [0.5, 0.6) is 0 Å². The first-order valence-electron chi connectivity index (χ1n) is 7.70. The van der Waals surface area contributed by atoms with E-state index >= 15 is 0 Å². The standard InChI is InChI=1S/C17H13F2N3O4S2/c18-12-4-1-6-14(10-12)27(23,24)21-16-8-3-9-17(20-16)22-28(25,26)15-7-2-5-13(19)11-15/h1-11H,(H2,20,21,22). The van der Waals surface area contributed by atoms with E-state index in [1.807, 2.05) is 0 Å². The first kappa shape index (κ1) is 19.7. The molecule has 0 bridgehead atoms. The molecule has 0 amide bonds. The topological polar surface area (TPSA) is 105 Å². The summed E-state index contributed by atoms with van der Waals surface area (Å²) in [4.78, 5) is 3.23. The van der Waals surface area contributed by atoms with E-state index in [1.165, 1.54) is 42.5 Å². The van der Waals surface area contributed by atoms with Crippen molar-refractivity contribution >= 4 is 31.7 Å². The van der Waals surface area contributed by atoms with Crippen molar-refractivity contribution in [2.45, 2.75) is 9.79 Å². The van der Waals surface area contributed by atoms with Gasteiger partial charge < -0.3 is 0 Å². The molecule has 1 aromatic heterocycles. The summed E-state index contributed by atoms with van der Waals surface area (Å²) in [6.07, 6.45) is 0. The summed E-state index contributed by atoms with van der Waals surface area (Å²) in [6, 6.07) is 12.7. The van der Waals surface area contributed by atoms with Crippen LogP contribution in [0.2, 0.25) is 0 Å². The molecule has 0 atom stereocenters. The van der Waals surface area contributed by atoms with Gasteiger partial charge in [-0.15, -0.1) is 0 Å². The summed E-state index contributed by atoms with van der Waals surface area (Å²) in [6.45, 7) is 0. The lowest BCUT2D eigenvalue weighted by Crippen LogP contribution is -2.16. The lowest BCUT2D eigenvalue weighted by Gasteiger charge is -2.10. The number of nitrogens with zero attached hydrogens (tertiary/aromatic N) is 1. The predicted molar refractivity (Wildman–Crippen MR) is 98.7 cm³/mol. The Bertz CT molecular complexity index is 1140.